The highest BCUT2D eigenvalue weighted by Gasteiger charge is 2.33. The number of aromatic hydroxyl groups is 1. The highest BCUT2D eigenvalue weighted by Crippen LogP contribution is 2.45. The number of Topliss-reactive ketones (excluding diaryl/α,β-unsaturated/α-hetero) is 1. The summed E-state index contributed by atoms with van der Waals surface area (Å²) >= 11 is 0. The van der Waals surface area contributed by atoms with Gasteiger partial charge in [-0.3, -0.25) is 9.59 Å². The third-order valence-corrected chi connectivity index (χ3v) is 4.51. The standard InChI is InChI=1S/C21H16N2O5/c1-12(24)15-6-7-17-19(20(15)26)16(11-18(25)28-17)13-4-2-5-14(10-13)27-21-22-8-3-9-23-21/h2-10,16,26H,11H2,1H3/t16-/m1/s1. The molecule has 28 heavy (non-hydrogen) atoms. The molecule has 0 unspecified atom stereocenters. The van der Waals surface area contributed by atoms with Crippen molar-refractivity contribution < 1.29 is 24.2 Å². The van der Waals surface area contributed by atoms with Crippen LogP contribution >= 0.6 is 0 Å². The predicted molar refractivity (Wildman–Crippen MR) is 98.8 cm³/mol. The summed E-state index contributed by atoms with van der Waals surface area (Å²) in [5.41, 5.74) is 1.34. The molecule has 0 bridgehead atoms. The first-order valence-corrected chi connectivity index (χ1v) is 8.65. The van der Waals surface area contributed by atoms with Crippen molar-refractivity contribution in [2.75, 3.05) is 0 Å². The van der Waals surface area contributed by atoms with E-state index in [1.54, 1.807) is 36.7 Å². The third kappa shape index (κ3) is 3.29. The number of benzene rings is 2. The van der Waals surface area contributed by atoms with Gasteiger partial charge in [-0.05, 0) is 42.8 Å². The Balaban J connectivity index is 1.76. The van der Waals surface area contributed by atoms with Crippen LogP contribution in [0.5, 0.6) is 23.3 Å². The van der Waals surface area contributed by atoms with Gasteiger partial charge in [-0.15, -0.1) is 0 Å². The van der Waals surface area contributed by atoms with Crippen LogP contribution in [0.3, 0.4) is 0 Å². The Hall–Kier alpha value is -3.74. The number of phenols is 1. The van der Waals surface area contributed by atoms with Gasteiger partial charge in [0.05, 0.1) is 12.0 Å². The molecule has 0 fully saturated rings. The summed E-state index contributed by atoms with van der Waals surface area (Å²) in [6.07, 6.45) is 3.18. The Labute approximate surface area is 160 Å². The van der Waals surface area contributed by atoms with Gasteiger partial charge < -0.3 is 14.6 Å². The van der Waals surface area contributed by atoms with Crippen LogP contribution in [0.15, 0.2) is 54.9 Å². The van der Waals surface area contributed by atoms with E-state index in [1.807, 2.05) is 6.07 Å². The molecular formula is C21H16N2O5. The second-order valence-electron chi connectivity index (χ2n) is 6.37. The average molecular weight is 376 g/mol. The molecule has 0 saturated heterocycles. The van der Waals surface area contributed by atoms with E-state index in [-0.39, 0.29) is 35.3 Å². The molecule has 0 aliphatic carbocycles. The molecule has 7 heteroatoms. The summed E-state index contributed by atoms with van der Waals surface area (Å²) in [6.45, 7) is 1.37. The maximum Gasteiger partial charge on any atom is 0.321 e. The zero-order valence-corrected chi connectivity index (χ0v) is 15.0. The van der Waals surface area contributed by atoms with Crippen molar-refractivity contribution in [2.24, 2.45) is 0 Å². The zero-order chi connectivity index (χ0) is 19.7. The van der Waals surface area contributed by atoms with Gasteiger partial charge in [-0.1, -0.05) is 12.1 Å². The number of ether oxygens (including phenoxy) is 2. The van der Waals surface area contributed by atoms with Crippen LogP contribution in [0.4, 0.5) is 0 Å². The van der Waals surface area contributed by atoms with Gasteiger partial charge in [0.25, 0.3) is 0 Å². The van der Waals surface area contributed by atoms with Crippen LogP contribution in [0.1, 0.15) is 40.7 Å². The Kier molecular flexibility index (Phi) is 4.49. The largest absolute Gasteiger partial charge is 0.507 e. The average Bonchev–Trinajstić information content (AvgIpc) is 2.68. The van der Waals surface area contributed by atoms with Crippen molar-refractivity contribution >= 4 is 11.8 Å². The van der Waals surface area contributed by atoms with Gasteiger partial charge in [-0.25, -0.2) is 9.97 Å². The number of esters is 1. The molecule has 1 aliphatic rings. The monoisotopic (exact) mass is 376 g/mol. The third-order valence-electron chi connectivity index (χ3n) is 4.51. The fraction of sp³-hybridized carbons (Fsp3) is 0.143. The number of fused-ring (bicyclic) bond motifs is 1. The number of rotatable bonds is 4. The van der Waals surface area contributed by atoms with Crippen molar-refractivity contribution in [2.45, 2.75) is 19.3 Å². The minimum Gasteiger partial charge on any atom is -0.507 e. The number of ketones is 1. The molecule has 0 radical (unpaired) electrons. The SMILES string of the molecule is CC(=O)c1ccc2c(c1O)[C@@H](c1cccc(Oc3ncccn3)c1)CC(=O)O2. The second-order valence-corrected chi connectivity index (χ2v) is 6.37. The highest BCUT2D eigenvalue weighted by atomic mass is 16.5. The molecule has 1 aromatic heterocycles. The molecule has 2 aromatic carbocycles. The summed E-state index contributed by atoms with van der Waals surface area (Å²) in [7, 11) is 0. The van der Waals surface area contributed by atoms with Crippen LogP contribution in [0.2, 0.25) is 0 Å². The van der Waals surface area contributed by atoms with E-state index < -0.39 is 11.9 Å². The predicted octanol–water partition coefficient (Wildman–Crippen LogP) is 3.62. The minimum atomic E-state index is -0.476. The zero-order valence-electron chi connectivity index (χ0n) is 15.0. The van der Waals surface area contributed by atoms with Gasteiger partial charge in [0, 0.05) is 23.9 Å². The van der Waals surface area contributed by atoms with Crippen molar-refractivity contribution in [3.05, 3.63) is 71.5 Å². The normalized spacial score (nSPS) is 15.5. The van der Waals surface area contributed by atoms with E-state index in [2.05, 4.69) is 9.97 Å². The van der Waals surface area contributed by atoms with Crippen LogP contribution in [0.25, 0.3) is 0 Å². The lowest BCUT2D eigenvalue weighted by Gasteiger charge is -2.26. The maximum atomic E-state index is 12.1. The first-order chi connectivity index (χ1) is 13.5. The molecule has 2 heterocycles. The molecule has 4 rings (SSSR count). The number of hydrogen-bond acceptors (Lipinski definition) is 7. The van der Waals surface area contributed by atoms with Gasteiger partial charge >= 0.3 is 12.0 Å². The summed E-state index contributed by atoms with van der Waals surface area (Å²) < 4.78 is 10.9. The molecular weight excluding hydrogens is 360 g/mol. The second kappa shape index (κ2) is 7.11. The summed E-state index contributed by atoms with van der Waals surface area (Å²) in [4.78, 5) is 32.0. The molecule has 1 aliphatic heterocycles. The summed E-state index contributed by atoms with van der Waals surface area (Å²) in [5, 5.41) is 10.7. The van der Waals surface area contributed by atoms with Gasteiger partial charge in [0.15, 0.2) is 5.78 Å². The molecule has 1 N–H and O–H groups in total. The number of aromatic nitrogens is 2. The first-order valence-electron chi connectivity index (χ1n) is 8.65. The highest BCUT2D eigenvalue weighted by molar-refractivity contribution is 5.98. The Bertz CT molecular complexity index is 1070. The Morgan fingerprint density at radius 2 is 1.96 bits per heavy atom. The van der Waals surface area contributed by atoms with Gasteiger partial charge in [0.2, 0.25) is 0 Å². The number of carbonyl (C=O) groups is 2. The lowest BCUT2D eigenvalue weighted by molar-refractivity contribution is -0.135. The fourth-order valence-electron chi connectivity index (χ4n) is 3.26. The topological polar surface area (TPSA) is 98.6 Å². The van der Waals surface area contributed by atoms with Gasteiger partial charge in [-0.2, -0.15) is 0 Å². The van der Waals surface area contributed by atoms with E-state index in [1.165, 1.54) is 19.1 Å². The van der Waals surface area contributed by atoms with Crippen molar-refractivity contribution in [3.63, 3.8) is 0 Å². The quantitative estimate of drug-likeness (QED) is 0.422. The van der Waals surface area contributed by atoms with Gasteiger partial charge in [0.1, 0.15) is 17.2 Å². The first kappa shape index (κ1) is 17.7. The molecule has 3 aromatic rings. The maximum absolute atomic E-state index is 12.1. The lowest BCUT2D eigenvalue weighted by atomic mass is 9.84. The molecule has 0 amide bonds. The van der Waals surface area contributed by atoms with E-state index in [9.17, 15) is 14.7 Å². The minimum absolute atomic E-state index is 0.0349. The van der Waals surface area contributed by atoms with Crippen LogP contribution in [-0.4, -0.2) is 26.8 Å². The lowest BCUT2D eigenvalue weighted by Crippen LogP contribution is -2.21. The van der Waals surface area contributed by atoms with Crippen molar-refractivity contribution in [3.8, 4) is 23.3 Å². The number of carbonyl (C=O) groups excluding carboxylic acids is 2. The van der Waals surface area contributed by atoms with Crippen LogP contribution in [-0.2, 0) is 4.79 Å². The molecule has 0 spiro atoms. The Morgan fingerprint density at radius 1 is 1.18 bits per heavy atom. The molecule has 140 valence electrons. The van der Waals surface area contributed by atoms with E-state index in [4.69, 9.17) is 9.47 Å². The molecule has 7 nitrogen and oxygen atoms in total. The smallest absolute Gasteiger partial charge is 0.321 e. The van der Waals surface area contributed by atoms with E-state index >= 15 is 0 Å². The number of phenolic OH excluding ortho intramolecular Hbond substituents is 1. The van der Waals surface area contributed by atoms with E-state index in [0.29, 0.717) is 11.3 Å². The number of hydrogen-bond donors (Lipinski definition) is 1. The van der Waals surface area contributed by atoms with Crippen LogP contribution in [0, 0.1) is 0 Å². The summed E-state index contributed by atoms with van der Waals surface area (Å²) in [6, 6.07) is 12.0. The van der Waals surface area contributed by atoms with Crippen molar-refractivity contribution in [1.82, 2.24) is 9.97 Å². The van der Waals surface area contributed by atoms with E-state index in [0.717, 1.165) is 5.56 Å². The van der Waals surface area contributed by atoms with Crippen LogP contribution < -0.4 is 9.47 Å². The number of nitrogens with zero attached hydrogens (tertiary/aromatic N) is 2. The molecule has 1 atom stereocenters. The van der Waals surface area contributed by atoms with Crippen molar-refractivity contribution in [1.29, 1.82) is 0 Å². The Morgan fingerprint density at radius 3 is 2.71 bits per heavy atom. The molecule has 0 saturated carbocycles. The fourth-order valence-corrected chi connectivity index (χ4v) is 3.26. The summed E-state index contributed by atoms with van der Waals surface area (Å²) in [5.74, 6) is -0.580.